The first-order valence-electron chi connectivity index (χ1n) is 9.36. The van der Waals surface area contributed by atoms with Crippen LogP contribution in [0.25, 0.3) is 10.9 Å². The van der Waals surface area contributed by atoms with Crippen LogP contribution in [0.4, 0.5) is 13.2 Å². The first kappa shape index (κ1) is 20.6. The molecule has 1 N–H and O–H groups in total. The van der Waals surface area contributed by atoms with Gasteiger partial charge in [-0.25, -0.2) is 9.97 Å². The van der Waals surface area contributed by atoms with Gasteiger partial charge in [0.15, 0.2) is 0 Å². The van der Waals surface area contributed by atoms with Crippen molar-refractivity contribution in [3.05, 3.63) is 59.9 Å². The highest BCUT2D eigenvalue weighted by Crippen LogP contribution is 2.30. The van der Waals surface area contributed by atoms with Gasteiger partial charge in [0.1, 0.15) is 11.4 Å². The topological polar surface area (TPSA) is 84.4 Å². The Morgan fingerprint density at radius 1 is 1.19 bits per heavy atom. The normalized spacial score (nSPS) is 16.6. The molecule has 2 aromatic heterocycles. The molecule has 10 heteroatoms. The molecule has 1 unspecified atom stereocenters. The molecule has 0 saturated carbocycles. The molecule has 1 fully saturated rings. The van der Waals surface area contributed by atoms with Crippen LogP contribution in [0, 0.1) is 0 Å². The fourth-order valence-electron chi connectivity index (χ4n) is 3.24. The van der Waals surface area contributed by atoms with Gasteiger partial charge < -0.3 is 15.0 Å². The van der Waals surface area contributed by atoms with E-state index in [1.54, 1.807) is 42.3 Å². The average molecular weight is 430 g/mol. The van der Waals surface area contributed by atoms with Gasteiger partial charge in [-0.05, 0) is 30.3 Å². The van der Waals surface area contributed by atoms with Crippen molar-refractivity contribution in [2.45, 2.75) is 18.6 Å². The van der Waals surface area contributed by atoms with Gasteiger partial charge in [0.2, 0.25) is 11.8 Å². The quantitative estimate of drug-likeness (QED) is 0.686. The third-order valence-electron chi connectivity index (χ3n) is 4.86. The summed E-state index contributed by atoms with van der Waals surface area (Å²) in [5, 5.41) is 3.48. The predicted octanol–water partition coefficient (Wildman–Crippen LogP) is 3.40. The maximum absolute atomic E-state index is 12.6. The van der Waals surface area contributed by atoms with Crippen molar-refractivity contribution in [3.8, 4) is 11.6 Å². The number of alkyl halides is 3. The van der Waals surface area contributed by atoms with Crippen molar-refractivity contribution in [2.75, 3.05) is 13.6 Å². The van der Waals surface area contributed by atoms with Gasteiger partial charge >= 0.3 is 6.18 Å². The summed E-state index contributed by atoms with van der Waals surface area (Å²) < 4.78 is 43.4. The Kier molecular flexibility index (Phi) is 5.22. The van der Waals surface area contributed by atoms with Crippen LogP contribution < -0.4 is 10.1 Å². The summed E-state index contributed by atoms with van der Waals surface area (Å²) in [5.74, 6) is -0.00484. The number of carbonyl (C=O) groups is 2. The van der Waals surface area contributed by atoms with E-state index >= 15 is 0 Å². The van der Waals surface area contributed by atoms with E-state index in [1.807, 2.05) is 0 Å². The number of amides is 2. The number of carbonyl (C=O) groups excluding carboxylic acids is 2. The van der Waals surface area contributed by atoms with Crippen LogP contribution in [0.2, 0.25) is 0 Å². The number of likely N-dealkylation sites (tertiary alicyclic amines) is 1. The number of rotatable bonds is 4. The molecule has 0 radical (unpaired) electrons. The molecule has 0 bridgehead atoms. The Bertz CT molecular complexity index is 1150. The van der Waals surface area contributed by atoms with E-state index in [2.05, 4.69) is 15.3 Å². The monoisotopic (exact) mass is 430 g/mol. The fourth-order valence-corrected chi connectivity index (χ4v) is 3.24. The lowest BCUT2D eigenvalue weighted by molar-refractivity contribution is -0.137. The molecule has 1 aromatic carbocycles. The van der Waals surface area contributed by atoms with Crippen LogP contribution >= 0.6 is 0 Å². The minimum atomic E-state index is -4.46. The number of benzene rings is 1. The van der Waals surface area contributed by atoms with Crippen LogP contribution in [0.3, 0.4) is 0 Å². The molecule has 2 amide bonds. The number of hydrogen-bond donors (Lipinski definition) is 1. The summed E-state index contributed by atoms with van der Waals surface area (Å²) in [5.41, 5.74) is -0.102. The van der Waals surface area contributed by atoms with Crippen LogP contribution in [0.5, 0.6) is 11.6 Å². The maximum Gasteiger partial charge on any atom is 0.417 e. The number of likely N-dealkylation sites (N-methyl/N-ethyl adjacent to an activating group) is 1. The summed E-state index contributed by atoms with van der Waals surface area (Å²) >= 11 is 0. The lowest BCUT2D eigenvalue weighted by Crippen LogP contribution is -2.36. The van der Waals surface area contributed by atoms with Gasteiger partial charge in [0, 0.05) is 37.7 Å². The van der Waals surface area contributed by atoms with Gasteiger partial charge in [-0.3, -0.25) is 9.59 Å². The summed E-state index contributed by atoms with van der Waals surface area (Å²) in [6, 6.07) is 9.89. The highest BCUT2D eigenvalue weighted by atomic mass is 19.4. The highest BCUT2D eigenvalue weighted by molar-refractivity contribution is 5.95. The summed E-state index contributed by atoms with van der Waals surface area (Å²) in [7, 11) is 1.68. The minimum absolute atomic E-state index is 0.0207. The number of nitrogens with zero attached hydrogens (tertiary/aromatic N) is 3. The van der Waals surface area contributed by atoms with E-state index in [0.29, 0.717) is 29.4 Å². The largest absolute Gasteiger partial charge is 0.439 e. The summed E-state index contributed by atoms with van der Waals surface area (Å²) in [6.45, 7) is 0.455. The molecule has 1 aliphatic heterocycles. The van der Waals surface area contributed by atoms with E-state index in [0.717, 1.165) is 12.1 Å². The van der Waals surface area contributed by atoms with E-state index in [9.17, 15) is 22.8 Å². The second-order valence-electron chi connectivity index (χ2n) is 7.18. The Hall–Kier alpha value is -3.69. The predicted molar refractivity (Wildman–Crippen MR) is 105 cm³/mol. The van der Waals surface area contributed by atoms with E-state index in [4.69, 9.17) is 4.74 Å². The van der Waals surface area contributed by atoms with Crippen molar-refractivity contribution in [1.82, 2.24) is 20.2 Å². The van der Waals surface area contributed by atoms with Crippen LogP contribution in [0.15, 0.2) is 48.7 Å². The van der Waals surface area contributed by atoms with Crippen molar-refractivity contribution < 1.29 is 27.5 Å². The Morgan fingerprint density at radius 2 is 2.00 bits per heavy atom. The Labute approximate surface area is 174 Å². The summed E-state index contributed by atoms with van der Waals surface area (Å²) in [4.78, 5) is 33.6. The minimum Gasteiger partial charge on any atom is -0.439 e. The number of pyridine rings is 2. The third-order valence-corrected chi connectivity index (χ3v) is 4.86. The molecule has 4 rings (SSSR count). The molecule has 0 aliphatic carbocycles. The lowest BCUT2D eigenvalue weighted by atomic mass is 10.2. The van der Waals surface area contributed by atoms with Gasteiger partial charge in [0.25, 0.3) is 5.91 Å². The highest BCUT2D eigenvalue weighted by Gasteiger charge is 2.31. The van der Waals surface area contributed by atoms with Gasteiger partial charge in [-0.15, -0.1) is 0 Å². The number of aromatic nitrogens is 2. The SMILES string of the molecule is CN1CC(NC(=O)c2ccc3cc(Oc4ccc(C(F)(F)F)cn4)ccc3n2)CC1=O. The molecule has 0 spiro atoms. The molecule has 3 aromatic rings. The van der Waals surface area contributed by atoms with E-state index < -0.39 is 11.7 Å². The maximum atomic E-state index is 12.6. The number of halogens is 3. The molecule has 7 nitrogen and oxygen atoms in total. The molecule has 160 valence electrons. The molecule has 3 heterocycles. The standard InChI is InChI=1S/C21H17F3N4O3/c1-28-11-14(9-19(28)29)26-20(30)17-5-2-12-8-15(4-6-16(12)27-17)31-18-7-3-13(10-25-18)21(22,23)24/h2-8,10,14H,9,11H2,1H3,(H,26,30). The number of fused-ring (bicyclic) bond motifs is 1. The van der Waals surface area contributed by atoms with Gasteiger partial charge in [-0.1, -0.05) is 6.07 Å². The van der Waals surface area contributed by atoms with Gasteiger partial charge in [0.05, 0.1) is 17.1 Å². The van der Waals surface area contributed by atoms with Crippen molar-refractivity contribution in [2.24, 2.45) is 0 Å². The molecule has 1 saturated heterocycles. The molecular weight excluding hydrogens is 413 g/mol. The summed E-state index contributed by atoms with van der Waals surface area (Å²) in [6.07, 6.45) is -3.50. The second kappa shape index (κ2) is 7.86. The van der Waals surface area contributed by atoms with E-state index in [1.165, 1.54) is 0 Å². The van der Waals surface area contributed by atoms with Crippen molar-refractivity contribution in [3.63, 3.8) is 0 Å². The molecular formula is C21H17F3N4O3. The lowest BCUT2D eigenvalue weighted by Gasteiger charge is -2.12. The van der Waals surface area contributed by atoms with Crippen molar-refractivity contribution in [1.29, 1.82) is 0 Å². The molecule has 1 atom stereocenters. The van der Waals surface area contributed by atoms with Gasteiger partial charge in [-0.2, -0.15) is 13.2 Å². The number of ether oxygens (including phenoxy) is 1. The zero-order chi connectivity index (χ0) is 22.2. The molecule has 31 heavy (non-hydrogen) atoms. The number of hydrogen-bond acceptors (Lipinski definition) is 5. The smallest absolute Gasteiger partial charge is 0.417 e. The Balaban J connectivity index is 1.46. The Morgan fingerprint density at radius 3 is 2.65 bits per heavy atom. The van der Waals surface area contributed by atoms with Crippen molar-refractivity contribution >= 4 is 22.7 Å². The average Bonchev–Trinajstić information content (AvgIpc) is 3.04. The molecule has 1 aliphatic rings. The first-order valence-corrected chi connectivity index (χ1v) is 9.36. The fraction of sp³-hybridized carbons (Fsp3) is 0.238. The first-order chi connectivity index (χ1) is 14.7. The zero-order valence-corrected chi connectivity index (χ0v) is 16.3. The number of nitrogens with one attached hydrogen (secondary N) is 1. The zero-order valence-electron chi connectivity index (χ0n) is 16.3. The van der Waals surface area contributed by atoms with Crippen LogP contribution in [-0.4, -0.2) is 46.3 Å². The van der Waals surface area contributed by atoms with E-state index in [-0.39, 0.29) is 35.9 Å². The van der Waals surface area contributed by atoms with Crippen LogP contribution in [-0.2, 0) is 11.0 Å². The van der Waals surface area contributed by atoms with Crippen LogP contribution in [0.1, 0.15) is 22.5 Å². The third kappa shape index (κ3) is 4.57. The second-order valence-corrected chi connectivity index (χ2v) is 7.18.